The molecule has 3 aromatic carbocycles. The number of carbonyl (C=O) groups excluding carboxylic acids is 3. The maximum atomic E-state index is 12.5. The van der Waals surface area contributed by atoms with Crippen molar-refractivity contribution in [3.05, 3.63) is 83.4 Å². The Hall–Kier alpha value is -4.66. The van der Waals surface area contributed by atoms with Gasteiger partial charge in [0.2, 0.25) is 0 Å². The van der Waals surface area contributed by atoms with Crippen LogP contribution >= 0.6 is 0 Å². The molecule has 0 aliphatic rings. The minimum Gasteiger partial charge on any atom is -0.493 e. The van der Waals surface area contributed by atoms with E-state index in [9.17, 15) is 14.4 Å². The number of rotatable bonds is 8. The first-order valence-corrected chi connectivity index (χ1v) is 10.7. The van der Waals surface area contributed by atoms with Crippen LogP contribution in [-0.2, 0) is 9.59 Å². The molecule has 0 aliphatic carbocycles. The van der Waals surface area contributed by atoms with Crippen LogP contribution in [0.4, 0.5) is 5.69 Å². The van der Waals surface area contributed by atoms with Gasteiger partial charge in [-0.2, -0.15) is 5.10 Å². The summed E-state index contributed by atoms with van der Waals surface area (Å²) >= 11 is 0. The molecule has 3 rings (SSSR count). The van der Waals surface area contributed by atoms with Gasteiger partial charge in [-0.15, -0.1) is 0 Å². The molecule has 35 heavy (non-hydrogen) atoms. The molecule has 0 aliphatic heterocycles. The SMILES string of the molecule is CCOc1ccccc1NC(=O)C(=O)N/N=C/c1ccc(OC(=O)c2ccccc2C)c(OC)c1. The lowest BCUT2D eigenvalue weighted by Crippen LogP contribution is -2.32. The topological polar surface area (TPSA) is 115 Å². The summed E-state index contributed by atoms with van der Waals surface area (Å²) in [6.45, 7) is 4.05. The third kappa shape index (κ3) is 6.67. The van der Waals surface area contributed by atoms with Gasteiger partial charge in [0.1, 0.15) is 5.75 Å². The van der Waals surface area contributed by atoms with Crippen molar-refractivity contribution in [2.45, 2.75) is 13.8 Å². The second-order valence-electron chi connectivity index (χ2n) is 7.20. The molecule has 0 radical (unpaired) electrons. The Bertz CT molecular complexity index is 1260. The van der Waals surface area contributed by atoms with Gasteiger partial charge in [-0.05, 0) is 61.4 Å². The van der Waals surface area contributed by atoms with Crippen molar-refractivity contribution in [1.82, 2.24) is 5.43 Å². The first-order valence-electron chi connectivity index (χ1n) is 10.7. The Morgan fingerprint density at radius 1 is 0.914 bits per heavy atom. The van der Waals surface area contributed by atoms with Crippen molar-refractivity contribution in [1.29, 1.82) is 0 Å². The molecule has 0 bridgehead atoms. The average molecular weight is 476 g/mol. The summed E-state index contributed by atoms with van der Waals surface area (Å²) in [5.41, 5.74) is 4.32. The van der Waals surface area contributed by atoms with Crippen molar-refractivity contribution in [3.8, 4) is 17.2 Å². The van der Waals surface area contributed by atoms with Gasteiger partial charge in [-0.25, -0.2) is 10.2 Å². The Balaban J connectivity index is 1.62. The summed E-state index contributed by atoms with van der Waals surface area (Å²) in [6.07, 6.45) is 1.33. The minimum atomic E-state index is -0.955. The van der Waals surface area contributed by atoms with E-state index in [0.29, 0.717) is 34.9 Å². The molecule has 9 heteroatoms. The highest BCUT2D eigenvalue weighted by atomic mass is 16.6. The van der Waals surface area contributed by atoms with Crippen LogP contribution in [0.25, 0.3) is 0 Å². The third-order valence-corrected chi connectivity index (χ3v) is 4.78. The van der Waals surface area contributed by atoms with Crippen LogP contribution in [0.5, 0.6) is 17.2 Å². The number of para-hydroxylation sites is 2. The van der Waals surface area contributed by atoms with Crippen LogP contribution in [0, 0.1) is 6.92 Å². The van der Waals surface area contributed by atoms with E-state index in [-0.39, 0.29) is 5.75 Å². The van der Waals surface area contributed by atoms with Gasteiger partial charge in [0.25, 0.3) is 0 Å². The van der Waals surface area contributed by atoms with E-state index >= 15 is 0 Å². The lowest BCUT2D eigenvalue weighted by molar-refractivity contribution is -0.136. The van der Waals surface area contributed by atoms with Crippen LogP contribution in [0.2, 0.25) is 0 Å². The number of nitrogens with one attached hydrogen (secondary N) is 2. The van der Waals surface area contributed by atoms with Gasteiger partial charge < -0.3 is 19.5 Å². The van der Waals surface area contributed by atoms with Crippen LogP contribution in [0.1, 0.15) is 28.4 Å². The van der Waals surface area contributed by atoms with E-state index in [1.54, 1.807) is 54.6 Å². The highest BCUT2D eigenvalue weighted by Crippen LogP contribution is 2.29. The zero-order valence-electron chi connectivity index (χ0n) is 19.5. The van der Waals surface area contributed by atoms with Crippen molar-refractivity contribution < 1.29 is 28.6 Å². The van der Waals surface area contributed by atoms with Crippen LogP contribution in [-0.4, -0.2) is 37.7 Å². The zero-order valence-corrected chi connectivity index (χ0v) is 19.5. The molecule has 0 heterocycles. The van der Waals surface area contributed by atoms with Gasteiger partial charge in [0.15, 0.2) is 11.5 Å². The first-order chi connectivity index (χ1) is 16.9. The van der Waals surface area contributed by atoms with Crippen molar-refractivity contribution in [2.75, 3.05) is 19.0 Å². The smallest absolute Gasteiger partial charge is 0.343 e. The number of benzene rings is 3. The Labute approximate surface area is 202 Å². The summed E-state index contributed by atoms with van der Waals surface area (Å²) in [6, 6.07) is 18.6. The molecule has 2 amide bonds. The minimum absolute atomic E-state index is 0.231. The van der Waals surface area contributed by atoms with E-state index in [0.717, 1.165) is 5.56 Å². The van der Waals surface area contributed by atoms with Crippen molar-refractivity contribution in [3.63, 3.8) is 0 Å². The fourth-order valence-corrected chi connectivity index (χ4v) is 3.05. The van der Waals surface area contributed by atoms with Crippen LogP contribution < -0.4 is 25.0 Å². The fraction of sp³-hybridized carbons (Fsp3) is 0.154. The molecule has 0 saturated carbocycles. The third-order valence-electron chi connectivity index (χ3n) is 4.78. The van der Waals surface area contributed by atoms with E-state index in [4.69, 9.17) is 14.2 Å². The highest BCUT2D eigenvalue weighted by Gasteiger charge is 2.16. The lowest BCUT2D eigenvalue weighted by atomic mass is 10.1. The molecule has 2 N–H and O–H groups in total. The fourth-order valence-electron chi connectivity index (χ4n) is 3.05. The van der Waals surface area contributed by atoms with Crippen LogP contribution in [0.3, 0.4) is 0 Å². The normalized spacial score (nSPS) is 10.5. The number of hydrazone groups is 1. The maximum Gasteiger partial charge on any atom is 0.343 e. The highest BCUT2D eigenvalue weighted by molar-refractivity contribution is 6.39. The van der Waals surface area contributed by atoms with Gasteiger partial charge in [-0.1, -0.05) is 30.3 Å². The van der Waals surface area contributed by atoms with Crippen LogP contribution in [0.15, 0.2) is 71.8 Å². The number of amides is 2. The number of hydrogen-bond acceptors (Lipinski definition) is 7. The molecule has 0 saturated heterocycles. The second-order valence-corrected chi connectivity index (χ2v) is 7.20. The van der Waals surface area contributed by atoms with Gasteiger partial charge in [0.05, 0.1) is 31.2 Å². The Kier molecular flexibility index (Phi) is 8.55. The molecule has 3 aromatic rings. The monoisotopic (exact) mass is 475 g/mol. The summed E-state index contributed by atoms with van der Waals surface area (Å²) in [5, 5.41) is 6.29. The quantitative estimate of drug-likeness (QED) is 0.169. The van der Waals surface area contributed by atoms with Gasteiger partial charge >= 0.3 is 17.8 Å². The molecule has 0 spiro atoms. The van der Waals surface area contributed by atoms with E-state index in [2.05, 4.69) is 15.8 Å². The molecule has 180 valence electrons. The summed E-state index contributed by atoms with van der Waals surface area (Å²) < 4.78 is 16.2. The molecular formula is C26H25N3O6. The molecule has 0 fully saturated rings. The first kappa shape index (κ1) is 25.0. The van der Waals surface area contributed by atoms with E-state index in [1.165, 1.54) is 13.3 Å². The maximum absolute atomic E-state index is 12.5. The number of anilines is 1. The van der Waals surface area contributed by atoms with Gasteiger partial charge in [0, 0.05) is 0 Å². The summed E-state index contributed by atoms with van der Waals surface area (Å²) in [7, 11) is 1.44. The summed E-state index contributed by atoms with van der Waals surface area (Å²) in [5.74, 6) is -1.38. The molecule has 0 unspecified atom stereocenters. The lowest BCUT2D eigenvalue weighted by Gasteiger charge is -2.11. The average Bonchev–Trinajstić information content (AvgIpc) is 2.86. The molecule has 0 atom stereocenters. The van der Waals surface area contributed by atoms with Gasteiger partial charge in [-0.3, -0.25) is 9.59 Å². The standard InChI is InChI=1S/C26H25N3O6/c1-4-34-21-12-8-7-11-20(21)28-24(30)25(31)29-27-16-18-13-14-22(23(15-18)33-3)35-26(32)19-10-6-5-9-17(19)2/h5-16H,4H2,1-3H3,(H,28,30)(H,29,31)/b27-16+. The van der Waals surface area contributed by atoms with Crippen molar-refractivity contribution in [2.24, 2.45) is 5.10 Å². The zero-order chi connectivity index (χ0) is 25.2. The van der Waals surface area contributed by atoms with E-state index in [1.807, 2.05) is 26.0 Å². The number of aryl methyl sites for hydroxylation is 1. The van der Waals surface area contributed by atoms with Crippen molar-refractivity contribution >= 4 is 29.7 Å². The molecule has 9 nitrogen and oxygen atoms in total. The predicted octanol–water partition coefficient (Wildman–Crippen LogP) is 3.71. The molecule has 0 aromatic heterocycles. The Morgan fingerprint density at radius 2 is 1.66 bits per heavy atom. The molecular weight excluding hydrogens is 450 g/mol. The number of ether oxygens (including phenoxy) is 3. The number of hydrogen-bond donors (Lipinski definition) is 2. The number of esters is 1. The number of methoxy groups -OCH3 is 1. The predicted molar refractivity (Wildman–Crippen MR) is 131 cm³/mol. The van der Waals surface area contributed by atoms with E-state index < -0.39 is 17.8 Å². The largest absolute Gasteiger partial charge is 0.493 e. The Morgan fingerprint density at radius 3 is 2.40 bits per heavy atom. The second kappa shape index (κ2) is 12.0. The number of nitrogens with zero attached hydrogens (tertiary/aromatic N) is 1. The summed E-state index contributed by atoms with van der Waals surface area (Å²) in [4.78, 5) is 36.8. The number of carbonyl (C=O) groups is 3.